The summed E-state index contributed by atoms with van der Waals surface area (Å²) >= 11 is 5.71. The van der Waals surface area contributed by atoms with E-state index in [9.17, 15) is 27.1 Å². The van der Waals surface area contributed by atoms with Gasteiger partial charge >= 0.3 is 0 Å². The SMILES string of the molecule is O=C(Nc1ccc(F)c(Cl)c1)c1ccc(F)c(S(=O)(=O)C2CCCOCC(O)CCC2)c1. The Kier molecular flexibility index (Phi) is 8.21. The quantitative estimate of drug-likeness (QED) is 0.668. The van der Waals surface area contributed by atoms with Gasteiger partial charge in [-0.25, -0.2) is 17.2 Å². The number of hydrogen-bond donors (Lipinski definition) is 2. The molecule has 0 aliphatic carbocycles. The Morgan fingerprint density at radius 3 is 2.53 bits per heavy atom. The molecule has 1 aliphatic rings. The van der Waals surface area contributed by atoms with E-state index in [1.807, 2.05) is 0 Å². The topological polar surface area (TPSA) is 92.7 Å². The fourth-order valence-corrected chi connectivity index (χ4v) is 5.70. The Morgan fingerprint density at radius 1 is 1.06 bits per heavy atom. The average molecular weight is 488 g/mol. The van der Waals surface area contributed by atoms with Gasteiger partial charge in [-0.05, 0) is 68.5 Å². The molecule has 32 heavy (non-hydrogen) atoms. The minimum Gasteiger partial charge on any atom is -0.391 e. The molecule has 10 heteroatoms. The van der Waals surface area contributed by atoms with Crippen LogP contribution in [0, 0.1) is 11.6 Å². The number of benzene rings is 2. The van der Waals surface area contributed by atoms with Gasteiger partial charge in [0.15, 0.2) is 9.84 Å². The Hall–Kier alpha value is -2.07. The zero-order chi connectivity index (χ0) is 23.3. The van der Waals surface area contributed by atoms with E-state index in [0.717, 1.165) is 18.2 Å². The predicted octanol–water partition coefficient (Wildman–Crippen LogP) is 4.35. The lowest BCUT2D eigenvalue weighted by molar-refractivity contribution is 0.0273. The smallest absolute Gasteiger partial charge is 0.255 e. The van der Waals surface area contributed by atoms with Crippen molar-refractivity contribution in [2.45, 2.75) is 48.4 Å². The van der Waals surface area contributed by atoms with Crippen molar-refractivity contribution in [3.8, 4) is 0 Å². The van der Waals surface area contributed by atoms with Crippen molar-refractivity contribution in [1.29, 1.82) is 0 Å². The second-order valence-electron chi connectivity index (χ2n) is 7.70. The molecule has 1 fully saturated rings. The first-order valence-electron chi connectivity index (χ1n) is 10.2. The van der Waals surface area contributed by atoms with Gasteiger partial charge < -0.3 is 15.2 Å². The van der Waals surface area contributed by atoms with Gasteiger partial charge in [0.05, 0.1) is 23.0 Å². The van der Waals surface area contributed by atoms with Crippen molar-refractivity contribution in [3.63, 3.8) is 0 Å². The molecule has 1 saturated heterocycles. The third-order valence-corrected chi connectivity index (χ3v) is 7.87. The summed E-state index contributed by atoms with van der Waals surface area (Å²) in [6.07, 6.45) is 1.16. The largest absolute Gasteiger partial charge is 0.391 e. The number of carbonyl (C=O) groups excluding carboxylic acids is 1. The van der Waals surface area contributed by atoms with Gasteiger partial charge in [-0.2, -0.15) is 0 Å². The molecule has 1 aliphatic heterocycles. The van der Waals surface area contributed by atoms with Crippen LogP contribution < -0.4 is 5.32 Å². The Bertz CT molecular complexity index is 1080. The molecule has 0 spiro atoms. The Morgan fingerprint density at radius 2 is 1.78 bits per heavy atom. The molecule has 0 aromatic heterocycles. The van der Waals surface area contributed by atoms with Crippen molar-refractivity contribution < 1.29 is 31.8 Å². The molecule has 0 radical (unpaired) electrons. The van der Waals surface area contributed by atoms with E-state index in [0.29, 0.717) is 25.9 Å². The minimum atomic E-state index is -4.08. The van der Waals surface area contributed by atoms with E-state index in [-0.39, 0.29) is 35.7 Å². The first-order chi connectivity index (χ1) is 15.2. The van der Waals surface area contributed by atoms with Crippen LogP contribution in [0.5, 0.6) is 0 Å². The van der Waals surface area contributed by atoms with E-state index in [1.54, 1.807) is 0 Å². The van der Waals surface area contributed by atoms with Crippen molar-refractivity contribution in [2.75, 3.05) is 18.5 Å². The molecule has 1 amide bonds. The molecular formula is C22H24ClF2NO5S. The van der Waals surface area contributed by atoms with E-state index in [1.165, 1.54) is 18.2 Å². The number of sulfone groups is 1. The highest BCUT2D eigenvalue weighted by Crippen LogP contribution is 2.28. The number of amides is 1. The second kappa shape index (κ2) is 10.7. The fourth-order valence-electron chi connectivity index (χ4n) is 3.57. The van der Waals surface area contributed by atoms with Crippen molar-refractivity contribution in [1.82, 2.24) is 0 Å². The maximum Gasteiger partial charge on any atom is 0.255 e. The van der Waals surface area contributed by atoms with Crippen molar-refractivity contribution in [2.24, 2.45) is 0 Å². The van der Waals surface area contributed by atoms with Crippen molar-refractivity contribution in [3.05, 3.63) is 58.6 Å². The molecule has 2 aromatic rings. The van der Waals surface area contributed by atoms with E-state index < -0.39 is 43.6 Å². The zero-order valence-electron chi connectivity index (χ0n) is 17.2. The average Bonchev–Trinajstić information content (AvgIpc) is 2.75. The van der Waals surface area contributed by atoms with Crippen LogP contribution in [0.1, 0.15) is 42.5 Å². The second-order valence-corrected chi connectivity index (χ2v) is 10.3. The van der Waals surface area contributed by atoms with E-state index in [4.69, 9.17) is 16.3 Å². The van der Waals surface area contributed by atoms with Gasteiger partial charge in [0.1, 0.15) is 16.5 Å². The number of nitrogens with one attached hydrogen (secondary N) is 1. The van der Waals surface area contributed by atoms with Gasteiger partial charge in [-0.15, -0.1) is 0 Å². The predicted molar refractivity (Wildman–Crippen MR) is 117 cm³/mol. The molecule has 6 nitrogen and oxygen atoms in total. The van der Waals surface area contributed by atoms with Crippen LogP contribution in [0.4, 0.5) is 14.5 Å². The van der Waals surface area contributed by atoms with Crippen LogP contribution in [0.25, 0.3) is 0 Å². The third-order valence-electron chi connectivity index (χ3n) is 5.30. The number of aliphatic hydroxyl groups excluding tert-OH is 1. The first kappa shape index (κ1) is 24.6. The zero-order valence-corrected chi connectivity index (χ0v) is 18.8. The van der Waals surface area contributed by atoms with E-state index in [2.05, 4.69) is 5.32 Å². The number of ether oxygens (including phenoxy) is 1. The monoisotopic (exact) mass is 487 g/mol. The van der Waals surface area contributed by atoms with Crippen molar-refractivity contribution >= 4 is 33.0 Å². The molecule has 2 N–H and O–H groups in total. The van der Waals surface area contributed by atoms with Gasteiger partial charge in [0.25, 0.3) is 5.91 Å². The summed E-state index contributed by atoms with van der Waals surface area (Å²) in [5.74, 6) is -2.28. The van der Waals surface area contributed by atoms with E-state index >= 15 is 0 Å². The third kappa shape index (κ3) is 6.04. The van der Waals surface area contributed by atoms with Crippen LogP contribution in [0.15, 0.2) is 41.3 Å². The van der Waals surface area contributed by atoms with Gasteiger partial charge in [-0.1, -0.05) is 11.6 Å². The summed E-state index contributed by atoms with van der Waals surface area (Å²) in [5.41, 5.74) is 0.144. The van der Waals surface area contributed by atoms with Crippen LogP contribution >= 0.6 is 11.6 Å². The lowest BCUT2D eigenvalue weighted by Crippen LogP contribution is -2.26. The lowest BCUT2D eigenvalue weighted by Gasteiger charge is -2.21. The van der Waals surface area contributed by atoms with Crippen LogP contribution in [-0.4, -0.2) is 44.0 Å². The molecule has 0 saturated carbocycles. The van der Waals surface area contributed by atoms with Gasteiger partial charge in [0, 0.05) is 17.9 Å². The summed E-state index contributed by atoms with van der Waals surface area (Å²) < 4.78 is 59.7. The molecular weight excluding hydrogens is 464 g/mol. The van der Waals surface area contributed by atoms with Gasteiger partial charge in [0.2, 0.25) is 0 Å². The highest BCUT2D eigenvalue weighted by atomic mass is 35.5. The highest BCUT2D eigenvalue weighted by Gasteiger charge is 2.31. The molecule has 2 aromatic carbocycles. The number of halogens is 3. The molecule has 3 rings (SSSR count). The summed E-state index contributed by atoms with van der Waals surface area (Å²) in [5, 5.41) is 11.3. The van der Waals surface area contributed by atoms with Crippen LogP contribution in [-0.2, 0) is 14.6 Å². The fraction of sp³-hybridized carbons (Fsp3) is 0.409. The normalized spacial score (nSPS) is 20.5. The lowest BCUT2D eigenvalue weighted by atomic mass is 10.1. The number of anilines is 1. The maximum atomic E-state index is 14.6. The van der Waals surface area contributed by atoms with Crippen LogP contribution in [0.3, 0.4) is 0 Å². The molecule has 0 bridgehead atoms. The van der Waals surface area contributed by atoms with Gasteiger partial charge in [-0.3, -0.25) is 4.79 Å². The minimum absolute atomic E-state index is 0.0657. The standard InChI is InChI=1S/C22H24ClF2NO5S/c23-18-12-15(7-9-19(18)24)26-22(28)14-6-8-20(25)21(11-14)32(29,30)17-4-1-3-16(27)13-31-10-2-5-17/h6-9,11-12,16-17,27H,1-5,10,13H2,(H,26,28). The number of hydrogen-bond acceptors (Lipinski definition) is 5. The summed E-state index contributed by atoms with van der Waals surface area (Å²) in [6.45, 7) is 0.511. The Labute approximate surface area is 190 Å². The summed E-state index contributed by atoms with van der Waals surface area (Å²) in [7, 11) is -4.08. The molecule has 1 heterocycles. The van der Waals surface area contributed by atoms with Crippen LogP contribution in [0.2, 0.25) is 5.02 Å². The molecule has 2 unspecified atom stereocenters. The number of aliphatic hydroxyl groups is 1. The number of rotatable bonds is 4. The molecule has 2 atom stereocenters. The summed E-state index contributed by atoms with van der Waals surface area (Å²) in [6, 6.07) is 6.72. The number of carbonyl (C=O) groups is 1. The maximum absolute atomic E-state index is 14.6. The Balaban J connectivity index is 1.83. The first-order valence-corrected chi connectivity index (χ1v) is 12.2. The highest BCUT2D eigenvalue weighted by molar-refractivity contribution is 7.92. The summed E-state index contributed by atoms with van der Waals surface area (Å²) in [4.78, 5) is 12.0. The molecule has 174 valence electrons.